The summed E-state index contributed by atoms with van der Waals surface area (Å²) < 4.78 is 0. The Morgan fingerprint density at radius 3 is 2.62 bits per heavy atom. The Labute approximate surface area is 117 Å². The Morgan fingerprint density at radius 2 is 1.86 bits per heavy atom. The average Bonchev–Trinajstić information content (AvgIpc) is 2.48. The van der Waals surface area contributed by atoms with Crippen LogP contribution < -0.4 is 16.4 Å². The number of benzene rings is 1. The van der Waals surface area contributed by atoms with Crippen molar-refractivity contribution in [1.29, 1.82) is 0 Å². The van der Waals surface area contributed by atoms with Gasteiger partial charge in [-0.2, -0.15) is 5.10 Å². The quantitative estimate of drug-likeness (QED) is 0.648. The predicted octanol–water partition coefficient (Wildman–Crippen LogP) is 0.864. The van der Waals surface area contributed by atoms with Crippen molar-refractivity contribution in [1.82, 2.24) is 15.2 Å². The highest BCUT2D eigenvalue weighted by Gasteiger charge is 2.12. The van der Waals surface area contributed by atoms with E-state index in [0.29, 0.717) is 10.9 Å². The molecule has 21 heavy (non-hydrogen) atoms. The molecule has 0 atom stereocenters. The van der Waals surface area contributed by atoms with Gasteiger partial charge < -0.3 is 10.3 Å². The van der Waals surface area contributed by atoms with Gasteiger partial charge in [0.05, 0.1) is 5.56 Å². The number of carbonyl (C=O) groups is 1. The summed E-state index contributed by atoms with van der Waals surface area (Å²) in [5.41, 5.74) is 0.0785. The first-order chi connectivity index (χ1) is 10.1. The number of para-hydroxylation sites is 1. The van der Waals surface area contributed by atoms with Crippen molar-refractivity contribution in [3.8, 4) is 0 Å². The number of anilines is 1. The maximum absolute atomic E-state index is 12.3. The molecule has 2 aromatic heterocycles. The van der Waals surface area contributed by atoms with Crippen LogP contribution in [-0.2, 0) is 0 Å². The van der Waals surface area contributed by atoms with Gasteiger partial charge in [-0.15, -0.1) is 0 Å². The number of nitrogens with zero attached hydrogens (tertiary/aromatic N) is 1. The summed E-state index contributed by atoms with van der Waals surface area (Å²) in [6.45, 7) is 0. The molecule has 3 aromatic rings. The number of fused-ring (bicyclic) bond motifs is 1. The molecular formula is C14H10N4O3. The van der Waals surface area contributed by atoms with Gasteiger partial charge in [-0.25, -0.2) is 5.10 Å². The molecule has 7 heteroatoms. The van der Waals surface area contributed by atoms with Crippen LogP contribution in [0.3, 0.4) is 0 Å². The van der Waals surface area contributed by atoms with Crippen LogP contribution in [0.25, 0.3) is 10.9 Å². The van der Waals surface area contributed by atoms with Crippen LogP contribution in [-0.4, -0.2) is 21.1 Å². The van der Waals surface area contributed by atoms with E-state index < -0.39 is 5.91 Å². The normalized spacial score (nSPS) is 10.5. The van der Waals surface area contributed by atoms with Crippen LogP contribution in [0.15, 0.2) is 52.1 Å². The van der Waals surface area contributed by atoms with Gasteiger partial charge in [0, 0.05) is 23.0 Å². The fraction of sp³-hybridized carbons (Fsp3) is 0. The first-order valence-electron chi connectivity index (χ1n) is 6.12. The summed E-state index contributed by atoms with van der Waals surface area (Å²) in [6, 6.07) is 10.8. The van der Waals surface area contributed by atoms with Crippen molar-refractivity contribution in [2.24, 2.45) is 0 Å². The first kappa shape index (κ1) is 12.8. The van der Waals surface area contributed by atoms with E-state index in [1.165, 1.54) is 18.2 Å². The Kier molecular flexibility index (Phi) is 3.07. The van der Waals surface area contributed by atoms with Crippen LogP contribution >= 0.6 is 0 Å². The van der Waals surface area contributed by atoms with Crippen LogP contribution in [0.2, 0.25) is 0 Å². The summed E-state index contributed by atoms with van der Waals surface area (Å²) in [6.07, 6.45) is 0. The third-order valence-corrected chi connectivity index (χ3v) is 2.92. The van der Waals surface area contributed by atoms with Crippen molar-refractivity contribution in [2.45, 2.75) is 0 Å². The molecular weight excluding hydrogens is 272 g/mol. The van der Waals surface area contributed by atoms with Gasteiger partial charge >= 0.3 is 0 Å². The Morgan fingerprint density at radius 1 is 1.05 bits per heavy atom. The number of aromatic amines is 2. The fourth-order valence-corrected chi connectivity index (χ4v) is 1.99. The standard InChI is InChI=1S/C14H10N4O3/c19-12-6-5-11(17-18-12)16-14(21)9-7-13(20)15-10-4-2-1-3-8(9)10/h1-7H,(H,15,20)(H,18,19)(H,16,17,21). The highest BCUT2D eigenvalue weighted by molar-refractivity contribution is 6.11. The third kappa shape index (κ3) is 2.57. The van der Waals surface area contributed by atoms with E-state index in [4.69, 9.17) is 0 Å². The summed E-state index contributed by atoms with van der Waals surface area (Å²) in [4.78, 5) is 37.5. The molecule has 0 aliphatic rings. The molecule has 0 saturated carbocycles. The highest BCUT2D eigenvalue weighted by atomic mass is 16.2. The van der Waals surface area contributed by atoms with Crippen molar-refractivity contribution in [3.63, 3.8) is 0 Å². The monoisotopic (exact) mass is 282 g/mol. The molecule has 0 saturated heterocycles. The van der Waals surface area contributed by atoms with E-state index in [-0.39, 0.29) is 22.5 Å². The number of hydrogen-bond donors (Lipinski definition) is 3. The molecule has 0 bridgehead atoms. The number of pyridine rings is 1. The molecule has 2 heterocycles. The number of aromatic nitrogens is 3. The number of nitrogens with one attached hydrogen (secondary N) is 3. The molecule has 104 valence electrons. The lowest BCUT2D eigenvalue weighted by Gasteiger charge is -2.06. The molecule has 0 radical (unpaired) electrons. The Hall–Kier alpha value is -3.22. The van der Waals surface area contributed by atoms with Crippen LogP contribution in [0.1, 0.15) is 10.4 Å². The second-order valence-electron chi connectivity index (χ2n) is 4.35. The number of amides is 1. The minimum Gasteiger partial charge on any atom is -0.322 e. The Bertz CT molecular complexity index is 922. The summed E-state index contributed by atoms with van der Waals surface area (Å²) in [5.74, 6) is -0.277. The molecule has 1 aromatic carbocycles. The topological polar surface area (TPSA) is 108 Å². The largest absolute Gasteiger partial charge is 0.322 e. The van der Waals surface area contributed by atoms with Gasteiger partial charge in [-0.3, -0.25) is 14.4 Å². The average molecular weight is 282 g/mol. The zero-order valence-corrected chi connectivity index (χ0v) is 10.7. The van der Waals surface area contributed by atoms with E-state index in [0.717, 1.165) is 0 Å². The van der Waals surface area contributed by atoms with E-state index in [1.807, 2.05) is 0 Å². The smallest absolute Gasteiger partial charge is 0.264 e. The van der Waals surface area contributed by atoms with E-state index in [1.54, 1.807) is 24.3 Å². The lowest BCUT2D eigenvalue weighted by Crippen LogP contribution is -2.18. The van der Waals surface area contributed by atoms with E-state index >= 15 is 0 Å². The summed E-state index contributed by atoms with van der Waals surface area (Å²) >= 11 is 0. The minimum atomic E-state index is -0.475. The van der Waals surface area contributed by atoms with Crippen molar-refractivity contribution >= 4 is 22.6 Å². The maximum Gasteiger partial charge on any atom is 0.264 e. The molecule has 0 spiro atoms. The maximum atomic E-state index is 12.3. The van der Waals surface area contributed by atoms with Crippen molar-refractivity contribution in [2.75, 3.05) is 5.32 Å². The zero-order chi connectivity index (χ0) is 14.8. The number of hydrogen-bond acceptors (Lipinski definition) is 4. The fourth-order valence-electron chi connectivity index (χ4n) is 1.99. The van der Waals surface area contributed by atoms with Gasteiger partial charge in [0.25, 0.3) is 11.5 Å². The van der Waals surface area contributed by atoms with Crippen molar-refractivity contribution < 1.29 is 4.79 Å². The zero-order valence-electron chi connectivity index (χ0n) is 10.7. The van der Waals surface area contributed by atoms with Crippen LogP contribution in [0.5, 0.6) is 0 Å². The summed E-state index contributed by atoms with van der Waals surface area (Å²) in [7, 11) is 0. The first-order valence-corrected chi connectivity index (χ1v) is 6.12. The van der Waals surface area contributed by atoms with Gasteiger partial charge in [-0.1, -0.05) is 18.2 Å². The molecule has 0 fully saturated rings. The number of rotatable bonds is 2. The lowest BCUT2D eigenvalue weighted by atomic mass is 10.1. The lowest BCUT2D eigenvalue weighted by molar-refractivity contribution is 0.102. The van der Waals surface area contributed by atoms with E-state index in [2.05, 4.69) is 20.5 Å². The minimum absolute atomic E-state index is 0.198. The van der Waals surface area contributed by atoms with Crippen molar-refractivity contribution in [3.05, 3.63) is 68.7 Å². The molecule has 0 aliphatic carbocycles. The highest BCUT2D eigenvalue weighted by Crippen LogP contribution is 2.15. The van der Waals surface area contributed by atoms with Crippen LogP contribution in [0, 0.1) is 0 Å². The number of carbonyl (C=O) groups excluding carboxylic acids is 1. The molecule has 0 aliphatic heterocycles. The third-order valence-electron chi connectivity index (χ3n) is 2.92. The van der Waals surface area contributed by atoms with Gasteiger partial charge in [0.2, 0.25) is 5.56 Å². The van der Waals surface area contributed by atoms with Gasteiger partial charge in [0.1, 0.15) is 0 Å². The van der Waals surface area contributed by atoms with Gasteiger partial charge in [-0.05, 0) is 12.1 Å². The molecule has 1 amide bonds. The molecule has 3 rings (SSSR count). The number of H-pyrrole nitrogens is 2. The SMILES string of the molecule is O=C(Nc1ccc(=O)[nH]n1)c1cc(=O)[nH]c2ccccc12. The predicted molar refractivity (Wildman–Crippen MR) is 77.4 cm³/mol. The summed E-state index contributed by atoms with van der Waals surface area (Å²) in [5, 5.41) is 9.06. The van der Waals surface area contributed by atoms with E-state index in [9.17, 15) is 14.4 Å². The van der Waals surface area contributed by atoms with Crippen LogP contribution in [0.4, 0.5) is 5.82 Å². The molecule has 0 unspecified atom stereocenters. The molecule has 7 nitrogen and oxygen atoms in total. The second kappa shape index (κ2) is 5.04. The molecule has 3 N–H and O–H groups in total. The van der Waals surface area contributed by atoms with Gasteiger partial charge in [0.15, 0.2) is 5.82 Å². The second-order valence-corrected chi connectivity index (χ2v) is 4.35. The Balaban J connectivity index is 2.03.